The molecule has 0 aliphatic heterocycles. The van der Waals surface area contributed by atoms with Gasteiger partial charge in [0.1, 0.15) is 5.76 Å². The van der Waals surface area contributed by atoms with Crippen LogP contribution in [0.15, 0.2) is 16.8 Å². The maximum Gasteiger partial charge on any atom is 0.129 e. The number of aliphatic hydroxyl groups excluding tert-OH is 1. The SMILES string of the molecule is CC/C=C(/O)C=NC. The van der Waals surface area contributed by atoms with Gasteiger partial charge in [-0.15, -0.1) is 0 Å². The van der Waals surface area contributed by atoms with E-state index in [0.717, 1.165) is 6.42 Å². The molecule has 0 saturated heterocycles. The number of rotatable bonds is 2. The lowest BCUT2D eigenvalue weighted by atomic mass is 10.4. The van der Waals surface area contributed by atoms with Crippen molar-refractivity contribution in [2.24, 2.45) is 4.99 Å². The summed E-state index contributed by atoms with van der Waals surface area (Å²) in [7, 11) is 1.62. The molecule has 0 bridgehead atoms. The van der Waals surface area contributed by atoms with E-state index >= 15 is 0 Å². The second kappa shape index (κ2) is 4.37. The van der Waals surface area contributed by atoms with Crippen molar-refractivity contribution in [1.82, 2.24) is 0 Å². The first-order valence-electron chi connectivity index (χ1n) is 2.62. The molecule has 2 heteroatoms. The highest BCUT2D eigenvalue weighted by atomic mass is 16.3. The van der Waals surface area contributed by atoms with Crippen LogP contribution in [-0.2, 0) is 0 Å². The number of hydrogen-bond donors (Lipinski definition) is 1. The molecule has 2 nitrogen and oxygen atoms in total. The van der Waals surface area contributed by atoms with Crippen LogP contribution in [0, 0.1) is 0 Å². The second-order valence-electron chi connectivity index (χ2n) is 1.42. The first-order chi connectivity index (χ1) is 3.81. The molecule has 0 aromatic heterocycles. The van der Waals surface area contributed by atoms with Crippen molar-refractivity contribution < 1.29 is 5.11 Å². The normalized spacial score (nSPS) is 13.0. The lowest BCUT2D eigenvalue weighted by Gasteiger charge is -1.84. The fourth-order valence-corrected chi connectivity index (χ4v) is 0.394. The molecule has 0 fully saturated rings. The largest absolute Gasteiger partial charge is 0.507 e. The summed E-state index contributed by atoms with van der Waals surface area (Å²) in [6.45, 7) is 1.96. The molecule has 0 radical (unpaired) electrons. The minimum atomic E-state index is 0.245. The first-order valence-corrected chi connectivity index (χ1v) is 2.62. The Balaban J connectivity index is 3.61. The van der Waals surface area contributed by atoms with Crippen LogP contribution >= 0.6 is 0 Å². The first kappa shape index (κ1) is 7.21. The summed E-state index contributed by atoms with van der Waals surface area (Å²) in [4.78, 5) is 3.61. The smallest absolute Gasteiger partial charge is 0.129 e. The average molecular weight is 113 g/mol. The molecule has 0 aliphatic rings. The van der Waals surface area contributed by atoms with E-state index < -0.39 is 0 Å². The third-order valence-electron chi connectivity index (χ3n) is 0.675. The van der Waals surface area contributed by atoms with Gasteiger partial charge in [0.05, 0.1) is 6.21 Å². The lowest BCUT2D eigenvalue weighted by Crippen LogP contribution is -1.79. The molecule has 0 unspecified atom stereocenters. The Morgan fingerprint density at radius 3 is 2.75 bits per heavy atom. The van der Waals surface area contributed by atoms with Gasteiger partial charge < -0.3 is 5.11 Å². The Bertz CT molecular complexity index is 105. The van der Waals surface area contributed by atoms with Gasteiger partial charge in [0.2, 0.25) is 0 Å². The standard InChI is InChI=1S/C6H11NO/c1-3-4-6(8)5-7-2/h4-5,8H,3H2,1-2H3/b6-4+,7-5?. The van der Waals surface area contributed by atoms with E-state index in [0.29, 0.717) is 0 Å². The molecule has 0 aromatic rings. The van der Waals surface area contributed by atoms with Gasteiger partial charge in [0, 0.05) is 7.05 Å². The van der Waals surface area contributed by atoms with Crippen LogP contribution in [-0.4, -0.2) is 18.4 Å². The molecule has 0 atom stereocenters. The molecular formula is C6H11NO. The third kappa shape index (κ3) is 3.40. The maximum atomic E-state index is 8.76. The molecule has 1 N–H and O–H groups in total. The van der Waals surface area contributed by atoms with Crippen molar-refractivity contribution in [3.8, 4) is 0 Å². The Hall–Kier alpha value is -0.790. The third-order valence-corrected chi connectivity index (χ3v) is 0.675. The van der Waals surface area contributed by atoms with Gasteiger partial charge in [0.25, 0.3) is 0 Å². The van der Waals surface area contributed by atoms with Gasteiger partial charge in [-0.1, -0.05) is 6.92 Å². The molecular weight excluding hydrogens is 102 g/mol. The number of allylic oxidation sites excluding steroid dienone is 2. The predicted molar refractivity (Wildman–Crippen MR) is 35.4 cm³/mol. The van der Waals surface area contributed by atoms with Gasteiger partial charge in [-0.2, -0.15) is 0 Å². The molecule has 8 heavy (non-hydrogen) atoms. The number of aliphatic imine (C=N–C) groups is 1. The van der Waals surface area contributed by atoms with Crippen molar-refractivity contribution in [1.29, 1.82) is 0 Å². The van der Waals surface area contributed by atoms with Gasteiger partial charge >= 0.3 is 0 Å². The highest BCUT2D eigenvalue weighted by molar-refractivity contribution is 5.74. The Kier molecular flexibility index (Phi) is 3.94. The van der Waals surface area contributed by atoms with Crippen LogP contribution in [0.25, 0.3) is 0 Å². The van der Waals surface area contributed by atoms with Crippen molar-refractivity contribution in [2.45, 2.75) is 13.3 Å². The van der Waals surface area contributed by atoms with E-state index in [2.05, 4.69) is 4.99 Å². The molecule has 0 amide bonds. The van der Waals surface area contributed by atoms with Crippen LogP contribution in [0.3, 0.4) is 0 Å². The Labute approximate surface area is 49.6 Å². The topological polar surface area (TPSA) is 32.6 Å². The summed E-state index contributed by atoms with van der Waals surface area (Å²) >= 11 is 0. The van der Waals surface area contributed by atoms with Gasteiger partial charge in [0.15, 0.2) is 0 Å². The summed E-state index contributed by atoms with van der Waals surface area (Å²) < 4.78 is 0. The van der Waals surface area contributed by atoms with Crippen molar-refractivity contribution in [3.63, 3.8) is 0 Å². The quantitative estimate of drug-likeness (QED) is 0.427. The summed E-state index contributed by atoms with van der Waals surface area (Å²) in [5, 5.41) is 8.76. The molecule has 0 heterocycles. The van der Waals surface area contributed by atoms with E-state index in [4.69, 9.17) is 5.11 Å². The molecule has 0 aliphatic carbocycles. The zero-order valence-electron chi connectivity index (χ0n) is 5.26. The van der Waals surface area contributed by atoms with Crippen LogP contribution in [0.5, 0.6) is 0 Å². The number of aliphatic hydroxyl groups is 1. The van der Waals surface area contributed by atoms with Gasteiger partial charge in [-0.3, -0.25) is 4.99 Å². The van der Waals surface area contributed by atoms with Gasteiger partial charge in [-0.05, 0) is 12.5 Å². The van der Waals surface area contributed by atoms with E-state index in [1.165, 1.54) is 6.21 Å². The Morgan fingerprint density at radius 1 is 1.75 bits per heavy atom. The zero-order valence-corrected chi connectivity index (χ0v) is 5.26. The minimum Gasteiger partial charge on any atom is -0.507 e. The molecule has 0 saturated carbocycles. The van der Waals surface area contributed by atoms with Crippen molar-refractivity contribution in [3.05, 3.63) is 11.8 Å². The molecule has 46 valence electrons. The maximum absolute atomic E-state index is 8.76. The van der Waals surface area contributed by atoms with Crippen molar-refractivity contribution >= 4 is 6.21 Å². The summed E-state index contributed by atoms with van der Waals surface area (Å²) in [5.41, 5.74) is 0. The number of nitrogens with zero attached hydrogens (tertiary/aromatic N) is 1. The molecule has 0 rings (SSSR count). The highest BCUT2D eigenvalue weighted by Crippen LogP contribution is 1.85. The summed E-state index contributed by atoms with van der Waals surface area (Å²) in [6, 6.07) is 0. The van der Waals surface area contributed by atoms with Crippen molar-refractivity contribution in [2.75, 3.05) is 7.05 Å². The fourth-order valence-electron chi connectivity index (χ4n) is 0.394. The van der Waals surface area contributed by atoms with Crippen LogP contribution < -0.4 is 0 Å². The Morgan fingerprint density at radius 2 is 2.38 bits per heavy atom. The monoisotopic (exact) mass is 113 g/mol. The minimum absolute atomic E-state index is 0.245. The predicted octanol–water partition coefficient (Wildman–Crippen LogP) is 1.54. The lowest BCUT2D eigenvalue weighted by molar-refractivity contribution is 0.444. The average Bonchev–Trinajstić information content (AvgIpc) is 1.68. The van der Waals surface area contributed by atoms with Crippen LogP contribution in [0.1, 0.15) is 13.3 Å². The number of hydrogen-bond acceptors (Lipinski definition) is 2. The van der Waals surface area contributed by atoms with E-state index in [9.17, 15) is 0 Å². The van der Waals surface area contributed by atoms with E-state index in [1.807, 2.05) is 6.92 Å². The van der Waals surface area contributed by atoms with E-state index in [1.54, 1.807) is 13.1 Å². The summed E-state index contributed by atoms with van der Waals surface area (Å²) in [6.07, 6.45) is 3.97. The molecule has 0 aromatic carbocycles. The fraction of sp³-hybridized carbons (Fsp3) is 0.500. The van der Waals surface area contributed by atoms with Gasteiger partial charge in [-0.25, -0.2) is 0 Å². The van der Waals surface area contributed by atoms with Crippen LogP contribution in [0.2, 0.25) is 0 Å². The summed E-state index contributed by atoms with van der Waals surface area (Å²) in [5.74, 6) is 0.245. The van der Waals surface area contributed by atoms with E-state index in [-0.39, 0.29) is 5.76 Å². The molecule has 0 spiro atoms. The highest BCUT2D eigenvalue weighted by Gasteiger charge is 1.78. The zero-order chi connectivity index (χ0) is 6.41. The van der Waals surface area contributed by atoms with Crippen LogP contribution in [0.4, 0.5) is 0 Å². The second-order valence-corrected chi connectivity index (χ2v) is 1.42.